The number of sulfonamides is 1. The summed E-state index contributed by atoms with van der Waals surface area (Å²) in [5, 5.41) is 11.7. The van der Waals surface area contributed by atoms with Crippen molar-refractivity contribution in [3.05, 3.63) is 66.2 Å². The van der Waals surface area contributed by atoms with Crippen LogP contribution in [0.2, 0.25) is 0 Å². The first-order valence-corrected chi connectivity index (χ1v) is 8.26. The van der Waals surface area contributed by atoms with E-state index in [1.807, 2.05) is 24.3 Å². The Kier molecular flexibility index (Phi) is 3.50. The van der Waals surface area contributed by atoms with Crippen LogP contribution >= 0.6 is 0 Å². The van der Waals surface area contributed by atoms with Crippen LogP contribution in [0.3, 0.4) is 0 Å². The van der Waals surface area contributed by atoms with Crippen LogP contribution in [-0.4, -0.2) is 13.5 Å². The number of benzene rings is 3. The molecule has 0 unspecified atom stereocenters. The Morgan fingerprint density at radius 1 is 0.909 bits per heavy atom. The highest BCUT2D eigenvalue weighted by Crippen LogP contribution is 2.29. The molecule has 0 aliphatic heterocycles. The summed E-state index contributed by atoms with van der Waals surface area (Å²) in [6.07, 6.45) is 0. The van der Waals surface area contributed by atoms with E-state index in [-0.39, 0.29) is 16.3 Å². The van der Waals surface area contributed by atoms with Gasteiger partial charge in [-0.1, -0.05) is 42.5 Å². The number of fused-ring (bicyclic) bond motifs is 1. The topological polar surface area (TPSA) is 66.4 Å². The first-order valence-electron chi connectivity index (χ1n) is 6.77. The predicted octanol–water partition coefficient (Wildman–Crippen LogP) is 3.65. The van der Waals surface area contributed by atoms with Crippen molar-refractivity contribution in [2.75, 3.05) is 4.72 Å². The lowest BCUT2D eigenvalue weighted by Gasteiger charge is -2.12. The Balaban J connectivity index is 2.05. The van der Waals surface area contributed by atoms with Gasteiger partial charge in [-0.3, -0.25) is 4.72 Å². The van der Waals surface area contributed by atoms with Crippen LogP contribution in [0.4, 0.5) is 5.69 Å². The van der Waals surface area contributed by atoms with E-state index in [1.54, 1.807) is 37.3 Å². The molecule has 2 N–H and O–H groups in total. The Morgan fingerprint density at radius 2 is 1.64 bits per heavy atom. The van der Waals surface area contributed by atoms with Crippen molar-refractivity contribution in [1.82, 2.24) is 0 Å². The molecule has 0 fully saturated rings. The number of phenols is 1. The molecule has 0 saturated carbocycles. The highest BCUT2D eigenvalue weighted by Gasteiger charge is 2.17. The summed E-state index contributed by atoms with van der Waals surface area (Å²) in [4.78, 5) is 0.161. The van der Waals surface area contributed by atoms with Crippen LogP contribution in [0.25, 0.3) is 10.8 Å². The zero-order chi connectivity index (χ0) is 15.7. The second-order valence-corrected chi connectivity index (χ2v) is 6.77. The molecule has 4 nitrogen and oxygen atoms in total. The van der Waals surface area contributed by atoms with Crippen molar-refractivity contribution in [3.63, 3.8) is 0 Å². The first kappa shape index (κ1) is 14.4. The van der Waals surface area contributed by atoms with Crippen LogP contribution in [-0.2, 0) is 10.0 Å². The number of nitrogens with one attached hydrogen (secondary N) is 1. The molecule has 3 aromatic rings. The van der Waals surface area contributed by atoms with E-state index in [9.17, 15) is 13.5 Å². The second kappa shape index (κ2) is 5.35. The number of hydrogen-bond donors (Lipinski definition) is 2. The van der Waals surface area contributed by atoms with Crippen molar-refractivity contribution in [2.24, 2.45) is 0 Å². The Hall–Kier alpha value is -2.53. The molecule has 0 spiro atoms. The Labute approximate surface area is 129 Å². The van der Waals surface area contributed by atoms with Gasteiger partial charge in [0.2, 0.25) is 0 Å². The van der Waals surface area contributed by atoms with Gasteiger partial charge in [-0.05, 0) is 41.5 Å². The third-order valence-corrected chi connectivity index (χ3v) is 4.87. The lowest BCUT2D eigenvalue weighted by Crippen LogP contribution is -2.13. The van der Waals surface area contributed by atoms with Gasteiger partial charge >= 0.3 is 0 Å². The molecular weight excluding hydrogens is 298 g/mol. The zero-order valence-corrected chi connectivity index (χ0v) is 12.8. The highest BCUT2D eigenvalue weighted by molar-refractivity contribution is 7.92. The molecule has 3 aromatic carbocycles. The molecule has 0 heterocycles. The van der Waals surface area contributed by atoms with E-state index in [2.05, 4.69) is 4.72 Å². The number of aryl methyl sites for hydroxylation is 1. The van der Waals surface area contributed by atoms with Crippen LogP contribution in [0.15, 0.2) is 65.6 Å². The van der Waals surface area contributed by atoms with E-state index >= 15 is 0 Å². The summed E-state index contributed by atoms with van der Waals surface area (Å²) in [5.74, 6) is -0.0932. The maximum absolute atomic E-state index is 12.5. The number of aromatic hydroxyl groups is 1. The minimum atomic E-state index is -3.76. The van der Waals surface area contributed by atoms with Crippen LogP contribution in [0, 0.1) is 6.92 Å². The zero-order valence-electron chi connectivity index (χ0n) is 11.9. The molecule has 0 aliphatic rings. The molecule has 0 bridgehead atoms. The predicted molar refractivity (Wildman–Crippen MR) is 87.6 cm³/mol. The number of rotatable bonds is 3. The summed E-state index contributed by atoms with van der Waals surface area (Å²) < 4.78 is 27.5. The van der Waals surface area contributed by atoms with Crippen molar-refractivity contribution in [1.29, 1.82) is 0 Å². The third-order valence-electron chi connectivity index (χ3n) is 3.52. The van der Waals surface area contributed by atoms with Gasteiger partial charge in [-0.2, -0.15) is 0 Å². The van der Waals surface area contributed by atoms with Gasteiger partial charge < -0.3 is 5.11 Å². The van der Waals surface area contributed by atoms with Gasteiger partial charge in [-0.15, -0.1) is 0 Å². The summed E-state index contributed by atoms with van der Waals surface area (Å²) in [6.45, 7) is 1.73. The molecule has 3 rings (SSSR count). The monoisotopic (exact) mass is 313 g/mol. The SMILES string of the molecule is Cc1cccc(O)c1NS(=O)(=O)c1ccc2ccccc2c1. The van der Waals surface area contributed by atoms with Crippen LogP contribution in [0.5, 0.6) is 5.75 Å². The van der Waals surface area contributed by atoms with Crippen LogP contribution in [0.1, 0.15) is 5.56 Å². The van der Waals surface area contributed by atoms with E-state index in [4.69, 9.17) is 0 Å². The molecule has 0 aromatic heterocycles. The fraction of sp³-hybridized carbons (Fsp3) is 0.0588. The van der Waals surface area contributed by atoms with E-state index in [0.29, 0.717) is 5.56 Å². The second-order valence-electron chi connectivity index (χ2n) is 5.08. The lowest BCUT2D eigenvalue weighted by atomic mass is 10.1. The molecule has 112 valence electrons. The average Bonchev–Trinajstić information content (AvgIpc) is 2.50. The summed E-state index contributed by atoms with van der Waals surface area (Å²) in [7, 11) is -3.76. The maximum Gasteiger partial charge on any atom is 0.262 e. The number of hydrogen-bond acceptors (Lipinski definition) is 3. The number of anilines is 1. The fourth-order valence-corrected chi connectivity index (χ4v) is 3.49. The highest BCUT2D eigenvalue weighted by atomic mass is 32.2. The lowest BCUT2D eigenvalue weighted by molar-refractivity contribution is 0.477. The van der Waals surface area contributed by atoms with Crippen molar-refractivity contribution >= 4 is 26.5 Å². The fourth-order valence-electron chi connectivity index (χ4n) is 2.31. The molecular formula is C17H15NO3S. The maximum atomic E-state index is 12.5. The van der Waals surface area contributed by atoms with E-state index < -0.39 is 10.0 Å². The van der Waals surface area contributed by atoms with Crippen molar-refractivity contribution in [3.8, 4) is 5.75 Å². The molecule has 0 radical (unpaired) electrons. The normalized spacial score (nSPS) is 11.5. The average molecular weight is 313 g/mol. The molecule has 0 saturated heterocycles. The summed E-state index contributed by atoms with van der Waals surface area (Å²) >= 11 is 0. The smallest absolute Gasteiger partial charge is 0.262 e. The van der Waals surface area contributed by atoms with Gasteiger partial charge in [0.05, 0.1) is 10.6 Å². The largest absolute Gasteiger partial charge is 0.506 e. The first-order chi connectivity index (χ1) is 10.5. The van der Waals surface area contributed by atoms with Gasteiger partial charge in [0, 0.05) is 0 Å². The minimum absolute atomic E-state index is 0.0932. The Morgan fingerprint density at radius 3 is 2.36 bits per heavy atom. The third kappa shape index (κ3) is 2.63. The minimum Gasteiger partial charge on any atom is -0.506 e. The van der Waals surface area contributed by atoms with Gasteiger partial charge in [-0.25, -0.2) is 8.42 Å². The molecule has 0 amide bonds. The van der Waals surface area contributed by atoms with E-state index in [0.717, 1.165) is 10.8 Å². The Bertz CT molecular complexity index is 929. The standard InChI is InChI=1S/C17H15NO3S/c1-12-5-4-8-16(19)17(12)18-22(20,21)15-10-9-13-6-2-3-7-14(13)11-15/h2-11,18-19H,1H3. The molecule has 22 heavy (non-hydrogen) atoms. The quantitative estimate of drug-likeness (QED) is 0.725. The van der Waals surface area contributed by atoms with Gasteiger partial charge in [0.25, 0.3) is 10.0 Å². The van der Waals surface area contributed by atoms with Gasteiger partial charge in [0.1, 0.15) is 5.75 Å². The molecule has 5 heteroatoms. The van der Waals surface area contributed by atoms with Crippen LogP contribution < -0.4 is 4.72 Å². The number of para-hydroxylation sites is 1. The molecule has 0 atom stereocenters. The van der Waals surface area contributed by atoms with Gasteiger partial charge in [0.15, 0.2) is 0 Å². The van der Waals surface area contributed by atoms with Crippen molar-refractivity contribution < 1.29 is 13.5 Å². The molecule has 0 aliphatic carbocycles. The summed E-state index contributed by atoms with van der Waals surface area (Å²) in [6, 6.07) is 17.3. The van der Waals surface area contributed by atoms with E-state index in [1.165, 1.54) is 6.07 Å². The number of phenolic OH excluding ortho intramolecular Hbond substituents is 1. The van der Waals surface area contributed by atoms with Crippen molar-refractivity contribution in [2.45, 2.75) is 11.8 Å². The summed E-state index contributed by atoms with van der Waals surface area (Å²) in [5.41, 5.74) is 0.861.